The molecule has 0 radical (unpaired) electrons. The number of oxime groups is 1. The Morgan fingerprint density at radius 3 is 2.87 bits per heavy atom. The van der Waals surface area contributed by atoms with Crippen LogP contribution in [-0.2, 0) is 0 Å². The third-order valence-electron chi connectivity index (χ3n) is 2.07. The van der Waals surface area contributed by atoms with Crippen LogP contribution in [0.15, 0.2) is 48.1 Å². The number of rotatable bonds is 2. The monoisotopic (exact) mass is 202 g/mol. The Labute approximate surface area is 86.5 Å². The van der Waals surface area contributed by atoms with Crippen molar-refractivity contribution in [2.24, 2.45) is 10.9 Å². The Morgan fingerprint density at radius 2 is 2.20 bits per heavy atom. The van der Waals surface area contributed by atoms with Crippen LogP contribution in [0.3, 0.4) is 0 Å². The maximum atomic E-state index is 8.65. The zero-order chi connectivity index (χ0) is 10.7. The average molecular weight is 202 g/mol. The van der Waals surface area contributed by atoms with E-state index in [0.717, 1.165) is 5.69 Å². The molecule has 1 aromatic carbocycles. The fourth-order valence-corrected chi connectivity index (χ4v) is 1.37. The van der Waals surface area contributed by atoms with Crippen LogP contribution >= 0.6 is 0 Å². The molecule has 5 heteroatoms. The van der Waals surface area contributed by atoms with Crippen LogP contribution in [0.5, 0.6) is 0 Å². The van der Waals surface area contributed by atoms with Crippen molar-refractivity contribution in [1.82, 2.24) is 9.55 Å². The molecular weight excluding hydrogens is 192 g/mol. The third kappa shape index (κ3) is 1.67. The lowest BCUT2D eigenvalue weighted by Gasteiger charge is -2.07. The molecule has 15 heavy (non-hydrogen) atoms. The molecule has 1 heterocycles. The summed E-state index contributed by atoms with van der Waals surface area (Å²) in [5, 5.41) is 11.6. The van der Waals surface area contributed by atoms with Gasteiger partial charge in [0.25, 0.3) is 0 Å². The van der Waals surface area contributed by atoms with Crippen molar-refractivity contribution in [2.45, 2.75) is 0 Å². The van der Waals surface area contributed by atoms with E-state index in [9.17, 15) is 0 Å². The van der Waals surface area contributed by atoms with Gasteiger partial charge in [-0.3, -0.25) is 0 Å². The van der Waals surface area contributed by atoms with Gasteiger partial charge in [0, 0.05) is 18.0 Å². The van der Waals surface area contributed by atoms with Gasteiger partial charge in [0.2, 0.25) is 0 Å². The fraction of sp³-hybridized carbons (Fsp3) is 0. The molecule has 0 atom stereocenters. The van der Waals surface area contributed by atoms with E-state index in [2.05, 4.69) is 10.1 Å². The van der Waals surface area contributed by atoms with Crippen LogP contribution < -0.4 is 5.73 Å². The third-order valence-corrected chi connectivity index (χ3v) is 2.07. The van der Waals surface area contributed by atoms with E-state index in [-0.39, 0.29) is 5.84 Å². The summed E-state index contributed by atoms with van der Waals surface area (Å²) in [4.78, 5) is 3.94. The Kier molecular flexibility index (Phi) is 2.37. The second-order valence-corrected chi connectivity index (χ2v) is 2.97. The molecule has 0 amide bonds. The topological polar surface area (TPSA) is 76.4 Å². The standard InChI is InChI=1S/C10H10N4O/c11-10(13-15)8-3-1-2-4-9(8)14-6-5-12-7-14/h1-7,15H,(H2,11,13). The van der Waals surface area contributed by atoms with E-state index in [1.807, 2.05) is 18.2 Å². The van der Waals surface area contributed by atoms with Crippen molar-refractivity contribution in [3.05, 3.63) is 48.5 Å². The molecular formula is C10H10N4O. The molecule has 0 aliphatic rings. The zero-order valence-electron chi connectivity index (χ0n) is 7.91. The van der Waals surface area contributed by atoms with E-state index >= 15 is 0 Å². The van der Waals surface area contributed by atoms with Crippen LogP contribution in [0.25, 0.3) is 5.69 Å². The van der Waals surface area contributed by atoms with Gasteiger partial charge >= 0.3 is 0 Å². The number of nitrogens with two attached hydrogens (primary N) is 1. The predicted octanol–water partition coefficient (Wildman–Crippen LogP) is 0.967. The summed E-state index contributed by atoms with van der Waals surface area (Å²) in [6.07, 6.45) is 5.12. The van der Waals surface area contributed by atoms with E-state index in [0.29, 0.717) is 5.56 Å². The SMILES string of the molecule is N/C(=N\O)c1ccccc1-n1ccnc1. The molecule has 0 saturated carbocycles. The largest absolute Gasteiger partial charge is 0.409 e. The number of amidine groups is 1. The quantitative estimate of drug-likeness (QED) is 0.329. The summed E-state index contributed by atoms with van der Waals surface area (Å²) in [7, 11) is 0. The second kappa shape index (κ2) is 3.83. The van der Waals surface area contributed by atoms with Gasteiger partial charge in [0.1, 0.15) is 0 Å². The van der Waals surface area contributed by atoms with Gasteiger partial charge in [0.15, 0.2) is 5.84 Å². The Bertz CT molecular complexity index is 476. The minimum atomic E-state index is 0.0827. The lowest BCUT2D eigenvalue weighted by atomic mass is 10.1. The van der Waals surface area contributed by atoms with Crippen LogP contribution in [0, 0.1) is 0 Å². The summed E-state index contributed by atoms with van der Waals surface area (Å²) in [6, 6.07) is 7.36. The molecule has 5 nitrogen and oxygen atoms in total. The molecule has 0 saturated heterocycles. The summed E-state index contributed by atoms with van der Waals surface area (Å²) >= 11 is 0. The van der Waals surface area contributed by atoms with Crippen molar-refractivity contribution < 1.29 is 5.21 Å². The van der Waals surface area contributed by atoms with E-state index in [1.54, 1.807) is 29.4 Å². The molecule has 3 N–H and O–H groups in total. The maximum absolute atomic E-state index is 8.65. The minimum Gasteiger partial charge on any atom is -0.409 e. The highest BCUT2D eigenvalue weighted by Gasteiger charge is 2.06. The van der Waals surface area contributed by atoms with Crippen molar-refractivity contribution in [1.29, 1.82) is 0 Å². The van der Waals surface area contributed by atoms with E-state index in [4.69, 9.17) is 10.9 Å². The summed E-state index contributed by atoms with van der Waals surface area (Å²) < 4.78 is 1.80. The highest BCUT2D eigenvalue weighted by atomic mass is 16.4. The van der Waals surface area contributed by atoms with Crippen LogP contribution in [-0.4, -0.2) is 20.6 Å². The molecule has 0 aliphatic heterocycles. The second-order valence-electron chi connectivity index (χ2n) is 2.97. The number of benzene rings is 1. The molecule has 1 aromatic heterocycles. The molecule has 0 spiro atoms. The smallest absolute Gasteiger partial charge is 0.172 e. The number of aromatic nitrogens is 2. The Balaban J connectivity index is 2.57. The maximum Gasteiger partial charge on any atom is 0.172 e. The molecule has 2 aromatic rings. The van der Waals surface area contributed by atoms with Crippen LogP contribution in [0.4, 0.5) is 0 Å². The highest BCUT2D eigenvalue weighted by Crippen LogP contribution is 2.13. The van der Waals surface area contributed by atoms with Gasteiger partial charge < -0.3 is 15.5 Å². The first kappa shape index (κ1) is 9.26. The van der Waals surface area contributed by atoms with Crippen molar-refractivity contribution >= 4 is 5.84 Å². The highest BCUT2D eigenvalue weighted by molar-refractivity contribution is 6.00. The summed E-state index contributed by atoms with van der Waals surface area (Å²) in [5.41, 5.74) is 7.06. The first-order chi connectivity index (χ1) is 7.33. The van der Waals surface area contributed by atoms with E-state index < -0.39 is 0 Å². The minimum absolute atomic E-state index is 0.0827. The number of para-hydroxylation sites is 1. The summed E-state index contributed by atoms with van der Waals surface area (Å²) in [6.45, 7) is 0. The summed E-state index contributed by atoms with van der Waals surface area (Å²) in [5.74, 6) is 0.0827. The average Bonchev–Trinajstić information content (AvgIpc) is 2.81. The molecule has 0 unspecified atom stereocenters. The van der Waals surface area contributed by atoms with Gasteiger partial charge in [-0.1, -0.05) is 17.3 Å². The van der Waals surface area contributed by atoms with Gasteiger partial charge in [-0.2, -0.15) is 0 Å². The van der Waals surface area contributed by atoms with Gasteiger partial charge in [-0.25, -0.2) is 4.98 Å². The number of hydrogen-bond acceptors (Lipinski definition) is 3. The normalized spacial score (nSPS) is 11.6. The zero-order valence-corrected chi connectivity index (χ0v) is 7.91. The van der Waals surface area contributed by atoms with Gasteiger partial charge in [0.05, 0.1) is 12.0 Å². The first-order valence-electron chi connectivity index (χ1n) is 4.38. The number of nitrogens with zero attached hydrogens (tertiary/aromatic N) is 3. The van der Waals surface area contributed by atoms with Gasteiger partial charge in [-0.15, -0.1) is 0 Å². The van der Waals surface area contributed by atoms with Crippen molar-refractivity contribution in [3.8, 4) is 5.69 Å². The molecule has 0 bridgehead atoms. The molecule has 0 fully saturated rings. The lowest BCUT2D eigenvalue weighted by molar-refractivity contribution is 0.318. The first-order valence-corrected chi connectivity index (χ1v) is 4.38. The van der Waals surface area contributed by atoms with Crippen LogP contribution in [0.2, 0.25) is 0 Å². The Hall–Kier alpha value is -2.30. The lowest BCUT2D eigenvalue weighted by Crippen LogP contribution is -2.15. The van der Waals surface area contributed by atoms with Gasteiger partial charge in [-0.05, 0) is 12.1 Å². The fourth-order valence-electron chi connectivity index (χ4n) is 1.37. The number of hydrogen-bond donors (Lipinski definition) is 2. The van der Waals surface area contributed by atoms with Crippen molar-refractivity contribution in [3.63, 3.8) is 0 Å². The molecule has 2 rings (SSSR count). The van der Waals surface area contributed by atoms with Crippen LogP contribution in [0.1, 0.15) is 5.56 Å². The molecule has 76 valence electrons. The van der Waals surface area contributed by atoms with E-state index in [1.165, 1.54) is 0 Å². The van der Waals surface area contributed by atoms with Crippen molar-refractivity contribution in [2.75, 3.05) is 0 Å². The Morgan fingerprint density at radius 1 is 1.40 bits per heavy atom. The number of imidazole rings is 1. The predicted molar refractivity (Wildman–Crippen MR) is 56.1 cm³/mol. The molecule has 0 aliphatic carbocycles.